The van der Waals surface area contributed by atoms with Crippen LogP contribution in [0.1, 0.15) is 6.42 Å². The molecule has 1 heterocycles. The second-order valence-corrected chi connectivity index (χ2v) is 6.22. The van der Waals surface area contributed by atoms with E-state index in [1.165, 1.54) is 12.2 Å². The minimum absolute atomic E-state index is 0.00700. The van der Waals surface area contributed by atoms with Crippen LogP contribution in [0, 0.1) is 0 Å². The van der Waals surface area contributed by atoms with Gasteiger partial charge in [0.15, 0.2) is 0 Å². The first-order valence-corrected chi connectivity index (χ1v) is 8.13. The van der Waals surface area contributed by atoms with Crippen molar-refractivity contribution in [1.29, 1.82) is 0 Å². The van der Waals surface area contributed by atoms with Gasteiger partial charge in [0.25, 0.3) is 0 Å². The van der Waals surface area contributed by atoms with Crippen molar-refractivity contribution in [3.05, 3.63) is 12.3 Å². The first kappa shape index (κ1) is 19.0. The molecule has 1 fully saturated rings. The number of hydrogen-bond donors (Lipinski definition) is 1. The number of hydrogen-bond acceptors (Lipinski definition) is 6. The fourth-order valence-corrected chi connectivity index (χ4v) is 3.21. The molecule has 1 rings (SSSR count). The number of carbonyl (C=O) groups excluding carboxylic acids is 1. The van der Waals surface area contributed by atoms with E-state index in [0.717, 1.165) is 13.1 Å². The van der Waals surface area contributed by atoms with E-state index in [9.17, 15) is 4.79 Å². The summed E-state index contributed by atoms with van der Waals surface area (Å²) in [5.74, 6) is 1.35. The minimum atomic E-state index is -0.0647. The maximum atomic E-state index is 10.2. The van der Waals surface area contributed by atoms with E-state index >= 15 is 0 Å². The summed E-state index contributed by atoms with van der Waals surface area (Å²) in [6, 6.07) is 0. The Morgan fingerprint density at radius 2 is 2.18 bits per heavy atom. The van der Waals surface area contributed by atoms with Gasteiger partial charge in [0, 0.05) is 52.9 Å². The van der Waals surface area contributed by atoms with Crippen LogP contribution >= 0.6 is 11.9 Å². The van der Waals surface area contributed by atoms with Crippen molar-refractivity contribution in [2.45, 2.75) is 18.6 Å². The average Bonchev–Trinajstić information content (AvgIpc) is 3.02. The number of aliphatic imine (C=N–C) groups is 1. The summed E-state index contributed by atoms with van der Waals surface area (Å²) in [7, 11) is 5.31. The van der Waals surface area contributed by atoms with Gasteiger partial charge in [-0.3, -0.25) is 4.79 Å². The number of likely N-dealkylation sites (N-methyl/N-ethyl adjacent to an activating group) is 1. The van der Waals surface area contributed by atoms with Crippen LogP contribution in [0.15, 0.2) is 17.3 Å². The predicted octanol–water partition coefficient (Wildman–Crippen LogP) is 0.329. The number of carbonyl (C=O) groups is 1. The molecule has 0 aromatic rings. The first-order valence-electron chi connectivity index (χ1n) is 7.19. The Labute approximate surface area is 136 Å². The number of nitrogens with zero attached hydrogens (tertiary/aromatic N) is 3. The van der Waals surface area contributed by atoms with Gasteiger partial charge < -0.3 is 20.1 Å². The van der Waals surface area contributed by atoms with Crippen molar-refractivity contribution in [3.63, 3.8) is 0 Å². The van der Waals surface area contributed by atoms with Crippen molar-refractivity contribution in [2.24, 2.45) is 10.7 Å². The molecular weight excluding hydrogens is 304 g/mol. The summed E-state index contributed by atoms with van der Waals surface area (Å²) in [6.45, 7) is 2.58. The SMILES string of the molecule is COC(CN1CCCS1)[C@H](CN(C)/C=C\C(N)=NC=O)OC. The van der Waals surface area contributed by atoms with E-state index in [2.05, 4.69) is 9.30 Å². The monoisotopic (exact) mass is 330 g/mol. The van der Waals surface area contributed by atoms with Crippen molar-refractivity contribution >= 4 is 24.2 Å². The van der Waals surface area contributed by atoms with E-state index in [-0.39, 0.29) is 18.0 Å². The number of rotatable bonds is 10. The Morgan fingerprint density at radius 1 is 1.45 bits per heavy atom. The Kier molecular flexibility index (Phi) is 9.14. The molecule has 1 unspecified atom stereocenters. The molecule has 2 N–H and O–H groups in total. The number of methoxy groups -OCH3 is 2. The lowest BCUT2D eigenvalue weighted by Crippen LogP contribution is -2.43. The van der Waals surface area contributed by atoms with Crippen LogP contribution < -0.4 is 5.73 Å². The van der Waals surface area contributed by atoms with Crippen molar-refractivity contribution in [3.8, 4) is 0 Å². The molecule has 7 nitrogen and oxygen atoms in total. The first-order chi connectivity index (χ1) is 10.6. The van der Waals surface area contributed by atoms with Crippen LogP contribution in [-0.2, 0) is 14.3 Å². The maximum absolute atomic E-state index is 10.2. The summed E-state index contributed by atoms with van der Waals surface area (Å²) in [5, 5.41) is 0. The molecule has 1 amide bonds. The van der Waals surface area contributed by atoms with Gasteiger partial charge in [0.05, 0.1) is 6.10 Å². The number of nitrogens with two attached hydrogens (primary N) is 1. The third-order valence-corrected chi connectivity index (χ3v) is 4.57. The third kappa shape index (κ3) is 6.78. The Hall–Kier alpha value is -1.09. The van der Waals surface area contributed by atoms with E-state index < -0.39 is 0 Å². The molecule has 0 aliphatic carbocycles. The summed E-state index contributed by atoms with van der Waals surface area (Å²) in [6.07, 6.45) is 4.92. The van der Waals surface area contributed by atoms with Crippen LogP contribution in [0.5, 0.6) is 0 Å². The summed E-state index contributed by atoms with van der Waals surface area (Å²) in [5.41, 5.74) is 5.53. The molecule has 0 radical (unpaired) electrons. The van der Waals surface area contributed by atoms with E-state index in [1.54, 1.807) is 26.5 Å². The number of ether oxygens (including phenoxy) is 2. The normalized spacial score (nSPS) is 19.5. The van der Waals surface area contributed by atoms with Crippen LogP contribution in [-0.4, -0.2) is 80.3 Å². The molecule has 1 saturated heterocycles. The van der Waals surface area contributed by atoms with Crippen molar-refractivity contribution < 1.29 is 14.3 Å². The smallest absolute Gasteiger partial charge is 0.234 e. The molecule has 1 aliphatic rings. The van der Waals surface area contributed by atoms with Crippen LogP contribution in [0.3, 0.4) is 0 Å². The van der Waals surface area contributed by atoms with Crippen molar-refractivity contribution in [1.82, 2.24) is 9.21 Å². The van der Waals surface area contributed by atoms with E-state index in [1.807, 2.05) is 23.9 Å². The molecule has 0 bridgehead atoms. The highest BCUT2D eigenvalue weighted by Gasteiger charge is 2.26. The van der Waals surface area contributed by atoms with Gasteiger partial charge in [0.2, 0.25) is 6.41 Å². The number of amidine groups is 1. The highest BCUT2D eigenvalue weighted by Crippen LogP contribution is 2.21. The molecule has 0 saturated carbocycles. The molecule has 0 aromatic carbocycles. The Bertz CT molecular complexity index is 386. The zero-order valence-electron chi connectivity index (χ0n) is 13.5. The summed E-state index contributed by atoms with van der Waals surface area (Å²) >= 11 is 1.86. The lowest BCUT2D eigenvalue weighted by molar-refractivity contribution is -0.106. The van der Waals surface area contributed by atoms with Gasteiger partial charge in [-0.1, -0.05) is 11.9 Å². The molecule has 0 aromatic heterocycles. The fraction of sp³-hybridized carbons (Fsp3) is 0.714. The van der Waals surface area contributed by atoms with E-state index in [4.69, 9.17) is 15.2 Å². The summed E-state index contributed by atoms with van der Waals surface area (Å²) in [4.78, 5) is 15.6. The lowest BCUT2D eigenvalue weighted by Gasteiger charge is -2.30. The van der Waals surface area contributed by atoms with Gasteiger partial charge >= 0.3 is 0 Å². The molecule has 0 spiro atoms. The quantitative estimate of drug-likeness (QED) is 0.267. The van der Waals surface area contributed by atoms with Gasteiger partial charge in [0.1, 0.15) is 11.9 Å². The molecule has 2 atom stereocenters. The average molecular weight is 330 g/mol. The van der Waals surface area contributed by atoms with Gasteiger partial charge in [-0.25, -0.2) is 4.31 Å². The predicted molar refractivity (Wildman–Crippen MR) is 89.7 cm³/mol. The Balaban J connectivity index is 2.53. The highest BCUT2D eigenvalue weighted by atomic mass is 32.2. The molecule has 1 aliphatic heterocycles. The molecular formula is C14H26N4O3S. The second-order valence-electron chi connectivity index (χ2n) is 5.04. The maximum Gasteiger partial charge on any atom is 0.234 e. The van der Waals surface area contributed by atoms with Gasteiger partial charge in [-0.2, -0.15) is 4.99 Å². The molecule has 126 valence electrons. The minimum Gasteiger partial charge on any atom is -0.384 e. The third-order valence-electron chi connectivity index (χ3n) is 3.40. The number of amides is 1. The largest absolute Gasteiger partial charge is 0.384 e. The second kappa shape index (κ2) is 10.6. The molecule has 22 heavy (non-hydrogen) atoms. The van der Waals surface area contributed by atoms with Gasteiger partial charge in [-0.05, 0) is 12.5 Å². The van der Waals surface area contributed by atoms with Crippen LogP contribution in [0.4, 0.5) is 0 Å². The topological polar surface area (TPSA) is 80.4 Å². The summed E-state index contributed by atoms with van der Waals surface area (Å²) < 4.78 is 13.5. The van der Waals surface area contributed by atoms with Crippen LogP contribution in [0.25, 0.3) is 0 Å². The Morgan fingerprint density at radius 3 is 2.73 bits per heavy atom. The fourth-order valence-electron chi connectivity index (χ4n) is 2.18. The zero-order chi connectivity index (χ0) is 16.4. The standard InChI is InChI=1S/C14H26N4O3S/c1-17(7-5-14(15)16-11-19)9-12(20-2)13(21-3)10-18-6-4-8-22-18/h5,7,11-13H,4,6,8-10H2,1-3H3,(H2,15,16,19)/b7-5-/t12-,13?/m0/s1. The van der Waals surface area contributed by atoms with Gasteiger partial charge in [-0.15, -0.1) is 0 Å². The molecule has 8 heteroatoms. The van der Waals surface area contributed by atoms with Crippen molar-refractivity contribution in [2.75, 3.05) is 46.7 Å². The zero-order valence-corrected chi connectivity index (χ0v) is 14.3. The van der Waals surface area contributed by atoms with E-state index in [0.29, 0.717) is 13.0 Å². The lowest BCUT2D eigenvalue weighted by atomic mass is 10.2. The highest BCUT2D eigenvalue weighted by molar-refractivity contribution is 7.97. The van der Waals surface area contributed by atoms with Crippen LogP contribution in [0.2, 0.25) is 0 Å².